The van der Waals surface area contributed by atoms with Crippen LogP contribution in [0.15, 0.2) is 0 Å². The number of carbonyl (C=O) groups excluding carboxylic acids is 1. The molecule has 0 radical (unpaired) electrons. The maximum absolute atomic E-state index is 12.2. The molecule has 2 fully saturated rings. The lowest BCUT2D eigenvalue weighted by Gasteiger charge is -2.40. The third-order valence-electron chi connectivity index (χ3n) is 3.91. The molecule has 16 heavy (non-hydrogen) atoms. The Kier molecular flexibility index (Phi) is 3.22. The number of β-amino-alcohol motifs (C(OH)–C–C–N with tert-alkyl or cyclic N) is 1. The summed E-state index contributed by atoms with van der Waals surface area (Å²) in [5.41, 5.74) is -0.0482. The molecule has 0 aromatic rings. The SMILES string of the molecule is CC1CN(CCO)CCN1C(=O)C1(C)CC1. The van der Waals surface area contributed by atoms with E-state index in [0.29, 0.717) is 5.91 Å². The minimum absolute atomic E-state index is 0.0482. The fourth-order valence-corrected chi connectivity index (χ4v) is 2.43. The minimum Gasteiger partial charge on any atom is -0.395 e. The number of nitrogens with zero attached hydrogens (tertiary/aromatic N) is 2. The Hall–Kier alpha value is -0.610. The maximum Gasteiger partial charge on any atom is 0.228 e. The van der Waals surface area contributed by atoms with Crippen molar-refractivity contribution in [2.45, 2.75) is 32.7 Å². The molecule has 0 spiro atoms. The average molecular weight is 226 g/mol. The van der Waals surface area contributed by atoms with Crippen LogP contribution in [0, 0.1) is 5.41 Å². The van der Waals surface area contributed by atoms with Crippen LogP contribution in [0.1, 0.15) is 26.7 Å². The number of aliphatic hydroxyl groups excluding tert-OH is 1. The summed E-state index contributed by atoms with van der Waals surface area (Å²) in [6, 6.07) is 0.283. The Morgan fingerprint density at radius 3 is 2.62 bits per heavy atom. The molecule has 0 aromatic heterocycles. The van der Waals surface area contributed by atoms with Gasteiger partial charge in [0, 0.05) is 37.6 Å². The predicted molar refractivity (Wildman–Crippen MR) is 62.0 cm³/mol. The van der Waals surface area contributed by atoms with Crippen molar-refractivity contribution in [3.63, 3.8) is 0 Å². The van der Waals surface area contributed by atoms with Crippen molar-refractivity contribution in [3.8, 4) is 0 Å². The van der Waals surface area contributed by atoms with Gasteiger partial charge in [0.2, 0.25) is 5.91 Å². The van der Waals surface area contributed by atoms with E-state index in [2.05, 4.69) is 18.7 Å². The van der Waals surface area contributed by atoms with Crippen molar-refractivity contribution < 1.29 is 9.90 Å². The molecule has 1 saturated heterocycles. The summed E-state index contributed by atoms with van der Waals surface area (Å²) in [5.74, 6) is 0.337. The number of hydrogen-bond donors (Lipinski definition) is 1. The summed E-state index contributed by atoms with van der Waals surface area (Å²) in [6.45, 7) is 7.71. The van der Waals surface area contributed by atoms with Crippen molar-refractivity contribution in [1.29, 1.82) is 0 Å². The lowest BCUT2D eigenvalue weighted by Crippen LogP contribution is -2.55. The van der Waals surface area contributed by atoms with Gasteiger partial charge in [-0.3, -0.25) is 9.69 Å². The second-order valence-corrected chi connectivity index (χ2v) is 5.43. The van der Waals surface area contributed by atoms with Gasteiger partial charge in [0.05, 0.1) is 6.61 Å². The molecule has 1 heterocycles. The molecule has 92 valence electrons. The Bertz CT molecular complexity index is 276. The van der Waals surface area contributed by atoms with Crippen LogP contribution in [0.2, 0.25) is 0 Å². The highest BCUT2D eigenvalue weighted by Crippen LogP contribution is 2.46. The lowest BCUT2D eigenvalue weighted by atomic mass is 10.1. The van der Waals surface area contributed by atoms with E-state index in [1.165, 1.54) is 0 Å². The minimum atomic E-state index is -0.0482. The summed E-state index contributed by atoms with van der Waals surface area (Å²) in [5, 5.41) is 8.90. The topological polar surface area (TPSA) is 43.8 Å². The summed E-state index contributed by atoms with van der Waals surface area (Å²) in [7, 11) is 0. The van der Waals surface area contributed by atoms with E-state index < -0.39 is 0 Å². The van der Waals surface area contributed by atoms with Gasteiger partial charge >= 0.3 is 0 Å². The van der Waals surface area contributed by atoms with E-state index in [1.54, 1.807) is 0 Å². The van der Waals surface area contributed by atoms with Gasteiger partial charge in [0.1, 0.15) is 0 Å². The summed E-state index contributed by atoms with van der Waals surface area (Å²) in [4.78, 5) is 16.5. The maximum atomic E-state index is 12.2. The van der Waals surface area contributed by atoms with Gasteiger partial charge in [0.25, 0.3) is 0 Å². The first-order valence-electron chi connectivity index (χ1n) is 6.21. The first kappa shape index (κ1) is 11.9. The van der Waals surface area contributed by atoms with Gasteiger partial charge in [-0.25, -0.2) is 0 Å². The number of carbonyl (C=O) groups is 1. The van der Waals surface area contributed by atoms with Crippen LogP contribution in [-0.2, 0) is 4.79 Å². The third kappa shape index (κ3) is 2.23. The van der Waals surface area contributed by atoms with E-state index in [9.17, 15) is 4.79 Å². The Morgan fingerprint density at radius 1 is 1.44 bits per heavy atom. The monoisotopic (exact) mass is 226 g/mol. The molecule has 1 atom stereocenters. The van der Waals surface area contributed by atoms with Crippen LogP contribution < -0.4 is 0 Å². The predicted octanol–water partition coefficient (Wildman–Crippen LogP) is 0.311. The molecule has 0 bridgehead atoms. The quantitative estimate of drug-likeness (QED) is 0.753. The van der Waals surface area contributed by atoms with Crippen LogP contribution in [-0.4, -0.2) is 59.6 Å². The zero-order valence-corrected chi connectivity index (χ0v) is 10.3. The highest BCUT2D eigenvalue weighted by Gasteiger charge is 2.48. The standard InChI is InChI=1S/C12H22N2O2/c1-10-9-13(7-8-15)5-6-14(10)11(16)12(2)3-4-12/h10,15H,3-9H2,1-2H3. The molecule has 0 aromatic carbocycles. The van der Waals surface area contributed by atoms with Crippen LogP contribution in [0.3, 0.4) is 0 Å². The fourth-order valence-electron chi connectivity index (χ4n) is 2.43. The van der Waals surface area contributed by atoms with Gasteiger partial charge in [-0.2, -0.15) is 0 Å². The molecule has 4 heteroatoms. The van der Waals surface area contributed by atoms with Gasteiger partial charge < -0.3 is 10.0 Å². The molecule has 2 rings (SSSR count). The highest BCUT2D eigenvalue weighted by molar-refractivity contribution is 5.85. The average Bonchev–Trinajstić information content (AvgIpc) is 2.98. The van der Waals surface area contributed by atoms with E-state index in [1.807, 2.05) is 4.90 Å². The molecule has 4 nitrogen and oxygen atoms in total. The smallest absolute Gasteiger partial charge is 0.228 e. The zero-order chi connectivity index (χ0) is 11.8. The molecular weight excluding hydrogens is 204 g/mol. The highest BCUT2D eigenvalue weighted by atomic mass is 16.3. The second-order valence-electron chi connectivity index (χ2n) is 5.43. The largest absolute Gasteiger partial charge is 0.395 e. The first-order chi connectivity index (χ1) is 7.57. The molecule has 2 aliphatic rings. The molecule has 1 unspecified atom stereocenters. The number of aliphatic hydroxyl groups is 1. The molecule has 1 amide bonds. The van der Waals surface area contributed by atoms with Crippen molar-refractivity contribution in [2.24, 2.45) is 5.41 Å². The Labute approximate surface area is 97.2 Å². The number of amides is 1. The molecule has 1 aliphatic carbocycles. The molecular formula is C12H22N2O2. The molecule has 1 aliphatic heterocycles. The molecule has 1 saturated carbocycles. The van der Waals surface area contributed by atoms with Crippen molar-refractivity contribution in [1.82, 2.24) is 9.80 Å². The summed E-state index contributed by atoms with van der Waals surface area (Å²) >= 11 is 0. The van der Waals surface area contributed by atoms with Gasteiger partial charge in [0.15, 0.2) is 0 Å². The van der Waals surface area contributed by atoms with Crippen molar-refractivity contribution in [2.75, 3.05) is 32.8 Å². The summed E-state index contributed by atoms with van der Waals surface area (Å²) < 4.78 is 0. The second kappa shape index (κ2) is 4.34. The van der Waals surface area contributed by atoms with Crippen molar-refractivity contribution >= 4 is 5.91 Å². The first-order valence-corrected chi connectivity index (χ1v) is 6.21. The summed E-state index contributed by atoms with van der Waals surface area (Å²) in [6.07, 6.45) is 2.10. The van der Waals surface area contributed by atoms with E-state index in [-0.39, 0.29) is 18.1 Å². The Morgan fingerprint density at radius 2 is 2.12 bits per heavy atom. The number of hydrogen-bond acceptors (Lipinski definition) is 3. The zero-order valence-electron chi connectivity index (χ0n) is 10.3. The fraction of sp³-hybridized carbons (Fsp3) is 0.917. The lowest BCUT2D eigenvalue weighted by molar-refractivity contribution is -0.141. The van der Waals surface area contributed by atoms with Gasteiger partial charge in [-0.1, -0.05) is 6.92 Å². The van der Waals surface area contributed by atoms with E-state index in [0.717, 1.165) is 39.0 Å². The third-order valence-corrected chi connectivity index (χ3v) is 3.91. The van der Waals surface area contributed by atoms with Gasteiger partial charge in [-0.05, 0) is 19.8 Å². The Balaban J connectivity index is 1.91. The van der Waals surface area contributed by atoms with Crippen LogP contribution >= 0.6 is 0 Å². The normalized spacial score (nSPS) is 29.2. The van der Waals surface area contributed by atoms with Gasteiger partial charge in [-0.15, -0.1) is 0 Å². The van der Waals surface area contributed by atoms with E-state index in [4.69, 9.17) is 5.11 Å². The number of rotatable bonds is 3. The van der Waals surface area contributed by atoms with E-state index >= 15 is 0 Å². The van der Waals surface area contributed by atoms with Crippen LogP contribution in [0.4, 0.5) is 0 Å². The van der Waals surface area contributed by atoms with Crippen LogP contribution in [0.25, 0.3) is 0 Å². The number of piperazine rings is 1. The van der Waals surface area contributed by atoms with Crippen LogP contribution in [0.5, 0.6) is 0 Å². The van der Waals surface area contributed by atoms with Crippen molar-refractivity contribution in [3.05, 3.63) is 0 Å². The molecule has 1 N–H and O–H groups in total.